The maximum absolute atomic E-state index is 11.3. The van der Waals surface area contributed by atoms with E-state index in [1.807, 2.05) is 42.5 Å². The van der Waals surface area contributed by atoms with Crippen molar-refractivity contribution in [2.75, 3.05) is 0 Å². The molecule has 2 aromatic rings. The van der Waals surface area contributed by atoms with Gasteiger partial charge >= 0.3 is 11.9 Å². The SMILES string of the molecule is CC(=O)Oc1cc(CCC(Cl)C(=O)O)ccc1-c1ccccc1. The molecule has 0 saturated carbocycles. The smallest absolute Gasteiger partial charge is 0.321 e. The quantitative estimate of drug-likeness (QED) is 0.495. The Bertz CT molecular complexity index is 697. The third kappa shape index (κ3) is 4.83. The van der Waals surface area contributed by atoms with Crippen molar-refractivity contribution in [1.82, 2.24) is 0 Å². The topological polar surface area (TPSA) is 63.6 Å². The Kier molecular flexibility index (Phi) is 5.77. The fourth-order valence-electron chi connectivity index (χ4n) is 2.23. The van der Waals surface area contributed by atoms with Crippen LogP contribution >= 0.6 is 11.6 Å². The minimum absolute atomic E-state index is 0.307. The van der Waals surface area contributed by atoms with Crippen LogP contribution in [0.5, 0.6) is 5.75 Å². The lowest BCUT2D eigenvalue weighted by Crippen LogP contribution is -2.13. The standard InChI is InChI=1S/C18H17ClO4/c1-12(20)23-17-11-13(8-10-16(19)18(21)22)7-9-15(17)14-5-3-2-4-6-14/h2-7,9,11,16H,8,10H2,1H3,(H,21,22). The number of carboxylic acid groups (broad SMARTS) is 1. The van der Waals surface area contributed by atoms with Gasteiger partial charge in [0.15, 0.2) is 0 Å². The normalized spacial score (nSPS) is 11.7. The molecule has 1 N–H and O–H groups in total. The molecular formula is C18H17ClO4. The molecule has 0 aliphatic heterocycles. The van der Waals surface area contributed by atoms with Crippen molar-refractivity contribution in [3.05, 3.63) is 54.1 Å². The number of carbonyl (C=O) groups excluding carboxylic acids is 1. The van der Waals surface area contributed by atoms with Gasteiger partial charge in [-0.2, -0.15) is 0 Å². The van der Waals surface area contributed by atoms with Gasteiger partial charge in [0.1, 0.15) is 11.1 Å². The number of hydrogen-bond acceptors (Lipinski definition) is 3. The molecule has 0 fully saturated rings. The summed E-state index contributed by atoms with van der Waals surface area (Å²) in [5.74, 6) is -0.976. The number of aryl methyl sites for hydroxylation is 1. The summed E-state index contributed by atoms with van der Waals surface area (Å²) in [6, 6.07) is 15.1. The predicted octanol–water partition coefficient (Wildman–Crippen LogP) is 3.90. The van der Waals surface area contributed by atoms with Crippen LogP contribution < -0.4 is 4.74 Å². The summed E-state index contributed by atoms with van der Waals surface area (Å²) in [4.78, 5) is 22.1. The number of esters is 1. The highest BCUT2D eigenvalue weighted by Gasteiger charge is 2.15. The van der Waals surface area contributed by atoms with E-state index in [2.05, 4.69) is 0 Å². The zero-order valence-corrected chi connectivity index (χ0v) is 13.4. The number of alkyl halides is 1. The number of rotatable bonds is 6. The zero-order chi connectivity index (χ0) is 16.8. The summed E-state index contributed by atoms with van der Waals surface area (Å²) in [5, 5.41) is 7.90. The maximum Gasteiger partial charge on any atom is 0.321 e. The van der Waals surface area contributed by atoms with Crippen LogP contribution in [-0.4, -0.2) is 22.4 Å². The van der Waals surface area contributed by atoms with Crippen molar-refractivity contribution >= 4 is 23.5 Å². The van der Waals surface area contributed by atoms with Gasteiger partial charge in [-0.1, -0.05) is 42.5 Å². The average Bonchev–Trinajstić information content (AvgIpc) is 2.53. The van der Waals surface area contributed by atoms with Crippen LogP contribution in [0.25, 0.3) is 11.1 Å². The van der Waals surface area contributed by atoms with Crippen LogP contribution in [0.2, 0.25) is 0 Å². The lowest BCUT2D eigenvalue weighted by Gasteiger charge is -2.12. The molecule has 0 bridgehead atoms. The lowest BCUT2D eigenvalue weighted by molar-refractivity contribution is -0.136. The highest BCUT2D eigenvalue weighted by atomic mass is 35.5. The molecule has 0 saturated heterocycles. The number of halogens is 1. The molecule has 1 atom stereocenters. The van der Waals surface area contributed by atoms with Gasteiger partial charge in [-0.05, 0) is 30.0 Å². The summed E-state index contributed by atoms with van der Waals surface area (Å²) in [5.41, 5.74) is 2.62. The Hall–Kier alpha value is -2.33. The Morgan fingerprint density at radius 2 is 1.87 bits per heavy atom. The van der Waals surface area contributed by atoms with E-state index in [1.165, 1.54) is 6.92 Å². The molecule has 0 aliphatic rings. The van der Waals surface area contributed by atoms with Crippen LogP contribution in [0.4, 0.5) is 0 Å². The Morgan fingerprint density at radius 1 is 1.17 bits per heavy atom. The zero-order valence-electron chi connectivity index (χ0n) is 12.7. The summed E-state index contributed by atoms with van der Waals surface area (Å²) < 4.78 is 5.31. The Labute approximate surface area is 139 Å². The molecule has 0 heterocycles. The molecule has 1 unspecified atom stereocenters. The van der Waals surface area contributed by atoms with Gasteiger partial charge in [0.05, 0.1) is 0 Å². The fraction of sp³-hybridized carbons (Fsp3) is 0.222. The molecular weight excluding hydrogens is 316 g/mol. The maximum atomic E-state index is 11.3. The van der Waals surface area contributed by atoms with E-state index in [0.717, 1.165) is 16.7 Å². The van der Waals surface area contributed by atoms with E-state index in [4.69, 9.17) is 21.4 Å². The third-order valence-corrected chi connectivity index (χ3v) is 3.74. The predicted molar refractivity (Wildman–Crippen MR) is 88.8 cm³/mol. The van der Waals surface area contributed by atoms with Crippen molar-refractivity contribution in [3.63, 3.8) is 0 Å². The van der Waals surface area contributed by atoms with Crippen LogP contribution in [0.1, 0.15) is 18.9 Å². The lowest BCUT2D eigenvalue weighted by atomic mass is 10.00. The molecule has 0 amide bonds. The molecule has 23 heavy (non-hydrogen) atoms. The monoisotopic (exact) mass is 332 g/mol. The first-order valence-electron chi connectivity index (χ1n) is 7.21. The average molecular weight is 333 g/mol. The van der Waals surface area contributed by atoms with E-state index in [0.29, 0.717) is 18.6 Å². The molecule has 0 radical (unpaired) electrons. The van der Waals surface area contributed by atoms with Crippen LogP contribution in [0.15, 0.2) is 48.5 Å². The molecule has 4 nitrogen and oxygen atoms in total. The van der Waals surface area contributed by atoms with Gasteiger partial charge in [0.2, 0.25) is 0 Å². The van der Waals surface area contributed by atoms with E-state index >= 15 is 0 Å². The number of carboxylic acids is 1. The molecule has 5 heteroatoms. The van der Waals surface area contributed by atoms with Crippen LogP contribution in [0, 0.1) is 0 Å². The van der Waals surface area contributed by atoms with E-state index in [-0.39, 0.29) is 0 Å². The van der Waals surface area contributed by atoms with E-state index in [1.54, 1.807) is 6.07 Å². The van der Waals surface area contributed by atoms with Gasteiger partial charge in [-0.15, -0.1) is 11.6 Å². The van der Waals surface area contributed by atoms with Crippen LogP contribution in [-0.2, 0) is 16.0 Å². The summed E-state index contributed by atoms with van der Waals surface area (Å²) in [7, 11) is 0. The van der Waals surface area contributed by atoms with Gasteiger partial charge in [-0.25, -0.2) is 0 Å². The number of hydrogen-bond donors (Lipinski definition) is 1. The second kappa shape index (κ2) is 7.79. The van der Waals surface area contributed by atoms with Gasteiger partial charge in [0.25, 0.3) is 0 Å². The van der Waals surface area contributed by atoms with Crippen molar-refractivity contribution in [1.29, 1.82) is 0 Å². The number of carbonyl (C=O) groups is 2. The molecule has 2 aromatic carbocycles. The van der Waals surface area contributed by atoms with Crippen molar-refractivity contribution in [2.45, 2.75) is 25.1 Å². The molecule has 0 aliphatic carbocycles. The Morgan fingerprint density at radius 3 is 2.48 bits per heavy atom. The first-order valence-corrected chi connectivity index (χ1v) is 7.64. The van der Waals surface area contributed by atoms with E-state index in [9.17, 15) is 9.59 Å². The summed E-state index contributed by atoms with van der Waals surface area (Å²) in [6.07, 6.45) is 0.797. The van der Waals surface area contributed by atoms with Crippen molar-refractivity contribution in [3.8, 4) is 16.9 Å². The fourth-order valence-corrected chi connectivity index (χ4v) is 2.34. The highest BCUT2D eigenvalue weighted by Crippen LogP contribution is 2.31. The first-order chi connectivity index (χ1) is 11.0. The second-order valence-corrected chi connectivity index (χ2v) is 5.66. The highest BCUT2D eigenvalue weighted by molar-refractivity contribution is 6.29. The number of ether oxygens (including phenoxy) is 1. The Balaban J connectivity index is 2.27. The molecule has 0 aromatic heterocycles. The molecule has 120 valence electrons. The molecule has 0 spiro atoms. The third-order valence-electron chi connectivity index (χ3n) is 3.34. The largest absolute Gasteiger partial charge is 0.480 e. The van der Waals surface area contributed by atoms with E-state index < -0.39 is 17.3 Å². The van der Waals surface area contributed by atoms with Gasteiger partial charge in [-0.3, -0.25) is 9.59 Å². The number of benzene rings is 2. The van der Waals surface area contributed by atoms with Crippen molar-refractivity contribution in [2.24, 2.45) is 0 Å². The molecule has 2 rings (SSSR count). The van der Waals surface area contributed by atoms with Crippen LogP contribution in [0.3, 0.4) is 0 Å². The van der Waals surface area contributed by atoms with Gasteiger partial charge < -0.3 is 9.84 Å². The minimum atomic E-state index is -1.03. The summed E-state index contributed by atoms with van der Waals surface area (Å²) >= 11 is 5.73. The summed E-state index contributed by atoms with van der Waals surface area (Å²) in [6.45, 7) is 1.35. The first kappa shape index (κ1) is 17.0. The van der Waals surface area contributed by atoms with Gasteiger partial charge in [0, 0.05) is 12.5 Å². The number of aliphatic carboxylic acids is 1. The van der Waals surface area contributed by atoms with Crippen molar-refractivity contribution < 1.29 is 19.4 Å². The minimum Gasteiger partial charge on any atom is -0.480 e. The second-order valence-electron chi connectivity index (χ2n) is 5.13.